The van der Waals surface area contributed by atoms with E-state index in [1.54, 1.807) is 6.07 Å². The molecule has 0 spiro atoms. The highest BCUT2D eigenvalue weighted by Crippen LogP contribution is 2.13. The Morgan fingerprint density at radius 2 is 1.93 bits per heavy atom. The Morgan fingerprint density at radius 1 is 1.20 bits per heavy atom. The number of aryl methyl sites for hydroxylation is 2. The topological polar surface area (TPSA) is 68.9 Å². The molecule has 2 rings (SSSR count). The summed E-state index contributed by atoms with van der Waals surface area (Å²) in [5, 5.41) is 0.761. The molecule has 0 unspecified atom stereocenters. The highest BCUT2D eigenvalue weighted by Gasteiger charge is 2.04. The van der Waals surface area contributed by atoms with E-state index in [1.807, 2.05) is 19.9 Å². The van der Waals surface area contributed by atoms with Crippen molar-refractivity contribution in [3.63, 3.8) is 0 Å². The van der Waals surface area contributed by atoms with Crippen molar-refractivity contribution in [2.45, 2.75) is 13.8 Å². The van der Waals surface area contributed by atoms with Gasteiger partial charge in [-0.3, -0.25) is 4.79 Å². The smallest absolute Gasteiger partial charge is 0.220 e. The molecule has 4 nitrogen and oxygen atoms in total. The van der Waals surface area contributed by atoms with Gasteiger partial charge >= 0.3 is 0 Å². The van der Waals surface area contributed by atoms with E-state index < -0.39 is 0 Å². The Balaban J connectivity index is 3.08. The highest BCUT2D eigenvalue weighted by atomic mass is 16.1. The average molecular weight is 201 g/mol. The van der Waals surface area contributed by atoms with Crippen LogP contribution >= 0.6 is 0 Å². The number of nitrogens with two attached hydrogens (primary N) is 1. The molecule has 4 heteroatoms. The molecule has 0 saturated heterocycles. The third-order valence-electron chi connectivity index (χ3n) is 2.26. The molecule has 0 aliphatic heterocycles. The molecule has 15 heavy (non-hydrogen) atoms. The fourth-order valence-corrected chi connectivity index (χ4v) is 1.53. The summed E-state index contributed by atoms with van der Waals surface area (Å²) in [6, 6.07) is 5.16. The van der Waals surface area contributed by atoms with Gasteiger partial charge in [-0.15, -0.1) is 0 Å². The minimum absolute atomic E-state index is 0.129. The Kier molecular flexibility index (Phi) is 2.11. The molecule has 0 aliphatic rings. The predicted molar refractivity (Wildman–Crippen MR) is 59.7 cm³/mol. The first-order valence-electron chi connectivity index (χ1n) is 4.63. The van der Waals surface area contributed by atoms with Gasteiger partial charge in [-0.05, 0) is 26.0 Å². The lowest BCUT2D eigenvalue weighted by Gasteiger charge is -1.98. The molecule has 2 aromatic rings. The van der Waals surface area contributed by atoms with Gasteiger partial charge in [-0.1, -0.05) is 11.6 Å². The van der Waals surface area contributed by atoms with Gasteiger partial charge in [-0.25, -0.2) is 9.97 Å². The zero-order valence-electron chi connectivity index (χ0n) is 8.61. The monoisotopic (exact) mass is 201 g/mol. The number of anilines is 1. The summed E-state index contributed by atoms with van der Waals surface area (Å²) in [6.07, 6.45) is 0. The van der Waals surface area contributed by atoms with Crippen LogP contribution in [0.3, 0.4) is 0 Å². The van der Waals surface area contributed by atoms with Crippen LogP contribution in [0.25, 0.3) is 10.9 Å². The molecule has 0 amide bonds. The van der Waals surface area contributed by atoms with Gasteiger partial charge in [0.1, 0.15) is 5.52 Å². The molecule has 0 bridgehead atoms. The average Bonchev–Trinajstić information content (AvgIpc) is 2.30. The summed E-state index contributed by atoms with van der Waals surface area (Å²) < 4.78 is 0. The second-order valence-electron chi connectivity index (χ2n) is 3.52. The van der Waals surface area contributed by atoms with Gasteiger partial charge in [0.15, 0.2) is 0 Å². The largest absolute Gasteiger partial charge is 0.368 e. The van der Waals surface area contributed by atoms with E-state index in [9.17, 15) is 4.79 Å². The SMILES string of the molecule is Cc1ccc(=O)c2nc(N)nc(C)c2c1. The first-order chi connectivity index (χ1) is 7.08. The van der Waals surface area contributed by atoms with E-state index in [2.05, 4.69) is 9.97 Å². The van der Waals surface area contributed by atoms with Crippen LogP contribution in [0, 0.1) is 13.8 Å². The molecule has 76 valence electrons. The Labute approximate surface area is 86.8 Å². The van der Waals surface area contributed by atoms with Crippen LogP contribution in [0.1, 0.15) is 11.3 Å². The summed E-state index contributed by atoms with van der Waals surface area (Å²) >= 11 is 0. The van der Waals surface area contributed by atoms with Gasteiger partial charge in [0, 0.05) is 5.39 Å². The van der Waals surface area contributed by atoms with Crippen molar-refractivity contribution in [1.82, 2.24) is 9.97 Å². The van der Waals surface area contributed by atoms with Crippen molar-refractivity contribution in [2.75, 3.05) is 5.73 Å². The third-order valence-corrected chi connectivity index (χ3v) is 2.26. The van der Waals surface area contributed by atoms with Crippen molar-refractivity contribution < 1.29 is 0 Å². The molecular formula is C11H11N3O. The standard InChI is InChI=1S/C11H11N3O/c1-6-3-4-9(15)10-8(5-6)7(2)13-11(12)14-10/h3-5H,1-2H3,(H2,12,13,14). The molecule has 1 aromatic carbocycles. The third kappa shape index (κ3) is 1.66. The number of nitrogens with zero attached hydrogens (tertiary/aromatic N) is 2. The lowest BCUT2D eigenvalue weighted by atomic mass is 10.2. The van der Waals surface area contributed by atoms with E-state index in [-0.39, 0.29) is 11.4 Å². The van der Waals surface area contributed by atoms with Crippen LogP contribution in [-0.4, -0.2) is 9.97 Å². The molecule has 0 aliphatic carbocycles. The molecular weight excluding hydrogens is 190 g/mol. The van der Waals surface area contributed by atoms with Crippen molar-refractivity contribution in [3.05, 3.63) is 39.7 Å². The summed E-state index contributed by atoms with van der Waals surface area (Å²) in [5.41, 5.74) is 7.49. The molecule has 1 aromatic heterocycles. The summed E-state index contributed by atoms with van der Waals surface area (Å²) in [7, 11) is 0. The normalized spacial score (nSPS) is 10.5. The van der Waals surface area contributed by atoms with E-state index in [0.717, 1.165) is 16.6 Å². The van der Waals surface area contributed by atoms with Gasteiger partial charge in [-0.2, -0.15) is 0 Å². The summed E-state index contributed by atoms with van der Waals surface area (Å²) in [4.78, 5) is 19.7. The van der Waals surface area contributed by atoms with Crippen LogP contribution in [0.4, 0.5) is 5.95 Å². The first kappa shape index (κ1) is 9.58. The fraction of sp³-hybridized carbons (Fsp3) is 0.182. The lowest BCUT2D eigenvalue weighted by Crippen LogP contribution is -2.04. The highest BCUT2D eigenvalue weighted by molar-refractivity contribution is 5.81. The molecule has 0 saturated carbocycles. The van der Waals surface area contributed by atoms with Gasteiger partial charge < -0.3 is 5.73 Å². The van der Waals surface area contributed by atoms with Gasteiger partial charge in [0.2, 0.25) is 11.4 Å². The van der Waals surface area contributed by atoms with Crippen molar-refractivity contribution in [2.24, 2.45) is 0 Å². The molecule has 0 fully saturated rings. The Morgan fingerprint density at radius 3 is 2.67 bits per heavy atom. The van der Waals surface area contributed by atoms with E-state index in [0.29, 0.717) is 5.52 Å². The second kappa shape index (κ2) is 3.31. The van der Waals surface area contributed by atoms with Crippen LogP contribution in [0.15, 0.2) is 23.0 Å². The second-order valence-corrected chi connectivity index (χ2v) is 3.52. The van der Waals surface area contributed by atoms with Gasteiger partial charge in [0.05, 0.1) is 5.69 Å². The van der Waals surface area contributed by atoms with Crippen molar-refractivity contribution in [3.8, 4) is 0 Å². The fourth-order valence-electron chi connectivity index (χ4n) is 1.53. The van der Waals surface area contributed by atoms with Crippen LogP contribution in [0.2, 0.25) is 0 Å². The van der Waals surface area contributed by atoms with E-state index >= 15 is 0 Å². The number of hydrogen-bond acceptors (Lipinski definition) is 4. The first-order valence-corrected chi connectivity index (χ1v) is 4.63. The Bertz CT molecular complexity index is 593. The lowest BCUT2D eigenvalue weighted by molar-refractivity contribution is 1.17. The number of aromatic nitrogens is 2. The van der Waals surface area contributed by atoms with E-state index in [4.69, 9.17) is 5.73 Å². The Hall–Kier alpha value is -1.97. The summed E-state index contributed by atoms with van der Waals surface area (Å²) in [5.74, 6) is 0.140. The number of fused-ring (bicyclic) bond motifs is 1. The van der Waals surface area contributed by atoms with Gasteiger partial charge in [0.25, 0.3) is 0 Å². The molecule has 1 heterocycles. The maximum Gasteiger partial charge on any atom is 0.220 e. The van der Waals surface area contributed by atoms with Crippen molar-refractivity contribution >= 4 is 16.9 Å². The molecule has 2 N–H and O–H groups in total. The maximum atomic E-state index is 11.7. The number of hydrogen-bond donors (Lipinski definition) is 1. The molecule has 0 atom stereocenters. The van der Waals surface area contributed by atoms with Crippen LogP contribution in [0.5, 0.6) is 0 Å². The zero-order valence-corrected chi connectivity index (χ0v) is 8.61. The maximum absolute atomic E-state index is 11.7. The van der Waals surface area contributed by atoms with Crippen LogP contribution < -0.4 is 11.2 Å². The summed E-state index contributed by atoms with van der Waals surface area (Å²) in [6.45, 7) is 3.74. The predicted octanol–water partition coefficient (Wildman–Crippen LogP) is 1.19. The quantitative estimate of drug-likeness (QED) is 0.695. The minimum atomic E-state index is -0.129. The number of rotatable bonds is 0. The zero-order chi connectivity index (χ0) is 11.0. The number of nitrogen functional groups attached to an aromatic ring is 1. The van der Waals surface area contributed by atoms with Crippen molar-refractivity contribution in [1.29, 1.82) is 0 Å². The molecule has 0 radical (unpaired) electrons. The van der Waals surface area contributed by atoms with Crippen LogP contribution in [-0.2, 0) is 0 Å². The minimum Gasteiger partial charge on any atom is -0.368 e. The van der Waals surface area contributed by atoms with E-state index in [1.165, 1.54) is 6.07 Å².